The Bertz CT molecular complexity index is 1720. The van der Waals surface area contributed by atoms with Crippen molar-refractivity contribution in [3.8, 4) is 11.3 Å². The molecule has 0 aliphatic heterocycles. The van der Waals surface area contributed by atoms with E-state index in [4.69, 9.17) is 11.6 Å². The minimum atomic E-state index is -4.72. The standard InChI is InChI=1S/C29H26ClF3N6O/c1-16(2)20-8-10-21(11-9-20)23-13-25(29(31,32)33)39-26(34-23)14-24(37-39)28(40)35-27-17(3)36-38(18(27)4)15-19-6-5-7-22(30)12-19/h5-14,16H,15H2,1-4H3,(H,35,40). The molecule has 0 saturated heterocycles. The number of nitrogens with one attached hydrogen (secondary N) is 1. The normalized spacial score (nSPS) is 11.9. The molecule has 5 rings (SSSR count). The summed E-state index contributed by atoms with van der Waals surface area (Å²) in [5.74, 6) is -0.391. The number of halogens is 4. The molecule has 5 aromatic rings. The third kappa shape index (κ3) is 5.44. The van der Waals surface area contributed by atoms with Gasteiger partial charge in [0.1, 0.15) is 0 Å². The first-order chi connectivity index (χ1) is 18.9. The van der Waals surface area contributed by atoms with Crippen molar-refractivity contribution in [3.05, 3.63) is 99.6 Å². The summed E-state index contributed by atoms with van der Waals surface area (Å²) in [5.41, 5.74) is 3.02. The van der Waals surface area contributed by atoms with E-state index in [0.717, 1.165) is 17.2 Å². The van der Waals surface area contributed by atoms with Crippen LogP contribution in [0, 0.1) is 13.8 Å². The fraction of sp³-hybridized carbons (Fsp3) is 0.241. The van der Waals surface area contributed by atoms with E-state index in [1.54, 1.807) is 36.7 Å². The predicted molar refractivity (Wildman–Crippen MR) is 148 cm³/mol. The summed E-state index contributed by atoms with van der Waals surface area (Å²) < 4.78 is 44.5. The maximum absolute atomic E-state index is 14.0. The number of rotatable bonds is 6. The van der Waals surface area contributed by atoms with Crippen LogP contribution in [0.15, 0.2) is 60.7 Å². The van der Waals surface area contributed by atoms with Crippen LogP contribution in [0.2, 0.25) is 5.02 Å². The molecule has 0 unspecified atom stereocenters. The van der Waals surface area contributed by atoms with Crippen molar-refractivity contribution in [2.45, 2.75) is 46.3 Å². The zero-order valence-electron chi connectivity index (χ0n) is 22.2. The van der Waals surface area contributed by atoms with Gasteiger partial charge in [-0.2, -0.15) is 23.4 Å². The van der Waals surface area contributed by atoms with Gasteiger partial charge in [0.2, 0.25) is 0 Å². The van der Waals surface area contributed by atoms with E-state index in [-0.39, 0.29) is 23.0 Å². The molecule has 0 aliphatic rings. The molecule has 0 radical (unpaired) electrons. The molecular formula is C29H26ClF3N6O. The third-order valence-electron chi connectivity index (χ3n) is 6.66. The van der Waals surface area contributed by atoms with Crippen molar-refractivity contribution in [2.75, 3.05) is 5.32 Å². The van der Waals surface area contributed by atoms with Gasteiger partial charge in [-0.1, -0.05) is 61.8 Å². The molecule has 3 aromatic heterocycles. The van der Waals surface area contributed by atoms with Crippen LogP contribution in [0.5, 0.6) is 0 Å². The highest BCUT2D eigenvalue weighted by molar-refractivity contribution is 6.30. The second-order valence-electron chi connectivity index (χ2n) is 9.89. The Balaban J connectivity index is 1.47. The number of benzene rings is 2. The summed E-state index contributed by atoms with van der Waals surface area (Å²) in [5, 5.41) is 11.8. The van der Waals surface area contributed by atoms with Crippen molar-refractivity contribution < 1.29 is 18.0 Å². The number of hydrogen-bond donors (Lipinski definition) is 1. The van der Waals surface area contributed by atoms with Gasteiger partial charge in [-0.05, 0) is 49.1 Å². The topological polar surface area (TPSA) is 77.1 Å². The van der Waals surface area contributed by atoms with Crippen LogP contribution in [0.1, 0.15) is 58.5 Å². The highest BCUT2D eigenvalue weighted by Gasteiger charge is 2.36. The molecule has 206 valence electrons. The first kappa shape index (κ1) is 27.4. The minimum Gasteiger partial charge on any atom is -0.317 e. The van der Waals surface area contributed by atoms with E-state index in [9.17, 15) is 18.0 Å². The van der Waals surface area contributed by atoms with Gasteiger partial charge in [-0.25, -0.2) is 9.50 Å². The first-order valence-electron chi connectivity index (χ1n) is 12.6. The molecule has 0 aliphatic carbocycles. The quantitative estimate of drug-likeness (QED) is 0.234. The number of carbonyl (C=O) groups is 1. The fourth-order valence-corrected chi connectivity index (χ4v) is 4.70. The van der Waals surface area contributed by atoms with Gasteiger partial charge in [0, 0.05) is 16.7 Å². The Labute approximate surface area is 233 Å². The van der Waals surface area contributed by atoms with Crippen molar-refractivity contribution in [2.24, 2.45) is 0 Å². The van der Waals surface area contributed by atoms with Crippen molar-refractivity contribution in [3.63, 3.8) is 0 Å². The lowest BCUT2D eigenvalue weighted by molar-refractivity contribution is -0.142. The van der Waals surface area contributed by atoms with Crippen LogP contribution >= 0.6 is 11.6 Å². The SMILES string of the molecule is Cc1nn(Cc2cccc(Cl)c2)c(C)c1NC(=O)c1cc2nc(-c3ccc(C(C)C)cc3)cc(C(F)(F)F)n2n1. The molecule has 0 fully saturated rings. The molecule has 3 heterocycles. The second-order valence-corrected chi connectivity index (χ2v) is 10.3. The zero-order chi connectivity index (χ0) is 28.8. The molecule has 0 bridgehead atoms. The Kier molecular flexibility index (Phi) is 7.14. The van der Waals surface area contributed by atoms with Crippen LogP contribution in [-0.2, 0) is 12.7 Å². The Hall–Kier alpha value is -4.18. The van der Waals surface area contributed by atoms with Crippen LogP contribution in [-0.4, -0.2) is 30.3 Å². The summed E-state index contributed by atoms with van der Waals surface area (Å²) in [6, 6.07) is 16.8. The van der Waals surface area contributed by atoms with Crippen LogP contribution in [0.3, 0.4) is 0 Å². The molecular weight excluding hydrogens is 541 g/mol. The minimum absolute atomic E-state index is 0.0898. The van der Waals surface area contributed by atoms with E-state index in [1.807, 2.05) is 44.2 Å². The second kappa shape index (κ2) is 10.4. The number of alkyl halides is 3. The van der Waals surface area contributed by atoms with Crippen molar-refractivity contribution in [1.29, 1.82) is 0 Å². The lowest BCUT2D eigenvalue weighted by atomic mass is 10.0. The molecule has 7 nitrogen and oxygen atoms in total. The molecule has 0 spiro atoms. The zero-order valence-corrected chi connectivity index (χ0v) is 23.0. The predicted octanol–water partition coefficient (Wildman–Crippen LogP) is 7.31. The summed E-state index contributed by atoms with van der Waals surface area (Å²) in [6.45, 7) is 8.03. The molecule has 40 heavy (non-hydrogen) atoms. The average molecular weight is 567 g/mol. The van der Waals surface area contributed by atoms with Gasteiger partial charge in [-0.3, -0.25) is 9.48 Å². The average Bonchev–Trinajstić information content (AvgIpc) is 3.44. The largest absolute Gasteiger partial charge is 0.433 e. The Morgan fingerprint density at radius 2 is 1.75 bits per heavy atom. The number of hydrogen-bond acceptors (Lipinski definition) is 4. The number of amides is 1. The number of aryl methyl sites for hydroxylation is 1. The number of carbonyl (C=O) groups excluding carboxylic acids is 1. The molecule has 1 amide bonds. The smallest absolute Gasteiger partial charge is 0.317 e. The molecule has 1 N–H and O–H groups in total. The lowest BCUT2D eigenvalue weighted by Gasteiger charge is -2.12. The summed E-state index contributed by atoms with van der Waals surface area (Å²) in [6.07, 6.45) is -4.72. The Morgan fingerprint density at radius 3 is 2.40 bits per heavy atom. The highest BCUT2D eigenvalue weighted by Crippen LogP contribution is 2.33. The number of aromatic nitrogens is 5. The molecule has 0 atom stereocenters. The highest BCUT2D eigenvalue weighted by atomic mass is 35.5. The van der Waals surface area contributed by atoms with Crippen molar-refractivity contribution in [1.82, 2.24) is 24.4 Å². The summed E-state index contributed by atoms with van der Waals surface area (Å²) in [7, 11) is 0. The van der Waals surface area contributed by atoms with Gasteiger partial charge in [0.15, 0.2) is 17.0 Å². The van der Waals surface area contributed by atoms with Crippen LogP contribution in [0.25, 0.3) is 16.9 Å². The van der Waals surface area contributed by atoms with E-state index >= 15 is 0 Å². The van der Waals surface area contributed by atoms with Gasteiger partial charge < -0.3 is 5.32 Å². The number of anilines is 1. The molecule has 11 heteroatoms. The van der Waals surface area contributed by atoms with E-state index in [0.29, 0.717) is 38.7 Å². The summed E-state index contributed by atoms with van der Waals surface area (Å²) in [4.78, 5) is 17.6. The first-order valence-corrected chi connectivity index (χ1v) is 13.0. The van der Waals surface area contributed by atoms with Gasteiger partial charge >= 0.3 is 6.18 Å². The molecule has 0 saturated carbocycles. The van der Waals surface area contributed by atoms with E-state index < -0.39 is 17.8 Å². The van der Waals surface area contributed by atoms with Gasteiger partial charge in [0.05, 0.1) is 29.3 Å². The van der Waals surface area contributed by atoms with Gasteiger partial charge in [0.25, 0.3) is 5.91 Å². The monoisotopic (exact) mass is 566 g/mol. The van der Waals surface area contributed by atoms with Crippen molar-refractivity contribution >= 4 is 28.8 Å². The van der Waals surface area contributed by atoms with E-state index in [2.05, 4.69) is 20.5 Å². The number of nitrogens with zero attached hydrogens (tertiary/aromatic N) is 5. The van der Waals surface area contributed by atoms with E-state index in [1.165, 1.54) is 6.07 Å². The maximum Gasteiger partial charge on any atom is 0.433 e. The third-order valence-corrected chi connectivity index (χ3v) is 6.90. The maximum atomic E-state index is 14.0. The number of fused-ring (bicyclic) bond motifs is 1. The lowest BCUT2D eigenvalue weighted by Crippen LogP contribution is -2.16. The Morgan fingerprint density at radius 1 is 1.02 bits per heavy atom. The van der Waals surface area contributed by atoms with Crippen LogP contribution in [0.4, 0.5) is 18.9 Å². The molecule has 2 aromatic carbocycles. The van der Waals surface area contributed by atoms with Crippen LogP contribution < -0.4 is 5.32 Å². The van der Waals surface area contributed by atoms with Gasteiger partial charge in [-0.15, -0.1) is 0 Å². The summed E-state index contributed by atoms with van der Waals surface area (Å²) >= 11 is 6.09. The fourth-order valence-electron chi connectivity index (χ4n) is 4.49.